The number of rotatable bonds is 7. The van der Waals surface area contributed by atoms with Crippen molar-refractivity contribution in [1.29, 1.82) is 0 Å². The zero-order valence-corrected chi connectivity index (χ0v) is 16.1. The van der Waals surface area contributed by atoms with Crippen LogP contribution in [0.5, 0.6) is 5.75 Å². The molecule has 0 spiro atoms. The average Bonchev–Trinajstić information content (AvgIpc) is 3.10. The van der Waals surface area contributed by atoms with E-state index in [-0.39, 0.29) is 10.6 Å². The van der Waals surface area contributed by atoms with Gasteiger partial charge >= 0.3 is 6.61 Å². The van der Waals surface area contributed by atoms with E-state index >= 15 is 0 Å². The van der Waals surface area contributed by atoms with Crippen molar-refractivity contribution in [3.05, 3.63) is 51.7 Å². The summed E-state index contributed by atoms with van der Waals surface area (Å²) in [5.74, 6) is -0.482. The summed E-state index contributed by atoms with van der Waals surface area (Å²) in [4.78, 5) is 15.0. The first-order chi connectivity index (χ1) is 13.0. The maximum atomic E-state index is 12.4. The quantitative estimate of drug-likeness (QED) is 0.743. The molecule has 2 heterocycles. The molecule has 0 aliphatic carbocycles. The Labute approximate surface area is 162 Å². The van der Waals surface area contributed by atoms with Crippen molar-refractivity contribution in [2.45, 2.75) is 51.9 Å². The smallest absolute Gasteiger partial charge is 0.387 e. The number of piperidine rings is 1. The van der Waals surface area contributed by atoms with Gasteiger partial charge in [0, 0.05) is 19.1 Å². The SMILES string of the molecule is CC1CCCCN1Cc1ccccc1CNC(=O)c1sccc1OC(F)F. The number of halogens is 2. The maximum absolute atomic E-state index is 12.4. The third kappa shape index (κ3) is 5.26. The van der Waals surface area contributed by atoms with Crippen LogP contribution in [-0.4, -0.2) is 30.0 Å². The fourth-order valence-electron chi connectivity index (χ4n) is 3.40. The molecule has 1 aliphatic heterocycles. The van der Waals surface area contributed by atoms with Crippen LogP contribution in [0, 0.1) is 0 Å². The van der Waals surface area contributed by atoms with Crippen LogP contribution in [0.1, 0.15) is 47.0 Å². The summed E-state index contributed by atoms with van der Waals surface area (Å²) >= 11 is 1.09. The minimum atomic E-state index is -2.95. The molecule has 2 aromatic rings. The van der Waals surface area contributed by atoms with Crippen molar-refractivity contribution in [1.82, 2.24) is 10.2 Å². The number of ether oxygens (including phenoxy) is 1. The topological polar surface area (TPSA) is 41.6 Å². The number of alkyl halides is 2. The molecule has 27 heavy (non-hydrogen) atoms. The number of likely N-dealkylation sites (tertiary alicyclic amines) is 1. The van der Waals surface area contributed by atoms with Gasteiger partial charge in [-0.2, -0.15) is 8.78 Å². The highest BCUT2D eigenvalue weighted by Crippen LogP contribution is 2.26. The van der Waals surface area contributed by atoms with Gasteiger partial charge in [0.25, 0.3) is 5.91 Å². The van der Waals surface area contributed by atoms with E-state index in [1.54, 1.807) is 5.38 Å². The van der Waals surface area contributed by atoms with E-state index in [0.29, 0.717) is 12.6 Å². The molecule has 1 aromatic heterocycles. The molecule has 7 heteroatoms. The number of thiophene rings is 1. The number of nitrogens with one attached hydrogen (secondary N) is 1. The highest BCUT2D eigenvalue weighted by Gasteiger charge is 2.20. The molecule has 1 amide bonds. The van der Waals surface area contributed by atoms with Gasteiger partial charge in [-0.1, -0.05) is 30.7 Å². The lowest BCUT2D eigenvalue weighted by atomic mass is 10.0. The molecule has 1 fully saturated rings. The Balaban J connectivity index is 1.64. The number of amides is 1. The fourth-order valence-corrected chi connectivity index (χ4v) is 4.14. The Morgan fingerprint density at radius 1 is 1.30 bits per heavy atom. The number of nitrogens with zero attached hydrogens (tertiary/aromatic N) is 1. The second kappa shape index (κ2) is 9.28. The van der Waals surface area contributed by atoms with Crippen molar-refractivity contribution < 1.29 is 18.3 Å². The van der Waals surface area contributed by atoms with E-state index in [1.165, 1.54) is 30.9 Å². The summed E-state index contributed by atoms with van der Waals surface area (Å²) in [6.45, 7) is 1.60. The summed E-state index contributed by atoms with van der Waals surface area (Å²) in [6, 6.07) is 9.97. The van der Waals surface area contributed by atoms with Crippen LogP contribution in [0.4, 0.5) is 8.78 Å². The summed E-state index contributed by atoms with van der Waals surface area (Å²) in [5.41, 5.74) is 2.22. The number of hydrogen-bond acceptors (Lipinski definition) is 4. The first-order valence-corrected chi connectivity index (χ1v) is 10.0. The van der Waals surface area contributed by atoms with Gasteiger partial charge in [0.2, 0.25) is 0 Å². The lowest BCUT2D eigenvalue weighted by Gasteiger charge is -2.33. The van der Waals surface area contributed by atoms with Crippen LogP contribution in [-0.2, 0) is 13.1 Å². The van der Waals surface area contributed by atoms with Crippen LogP contribution in [0.2, 0.25) is 0 Å². The van der Waals surface area contributed by atoms with Gasteiger partial charge < -0.3 is 10.1 Å². The Hall–Kier alpha value is -1.99. The van der Waals surface area contributed by atoms with E-state index in [4.69, 9.17) is 0 Å². The van der Waals surface area contributed by atoms with E-state index in [1.807, 2.05) is 18.2 Å². The predicted molar refractivity (Wildman–Crippen MR) is 102 cm³/mol. The first-order valence-electron chi connectivity index (χ1n) is 9.16. The number of benzene rings is 1. The minimum absolute atomic E-state index is 0.0806. The second-order valence-corrected chi connectivity index (χ2v) is 7.68. The lowest BCUT2D eigenvalue weighted by Crippen LogP contribution is -2.37. The Bertz CT molecular complexity index is 766. The maximum Gasteiger partial charge on any atom is 0.387 e. The Kier molecular flexibility index (Phi) is 6.79. The zero-order chi connectivity index (χ0) is 19.2. The molecule has 0 radical (unpaired) electrons. The van der Waals surface area contributed by atoms with Gasteiger partial charge in [-0.05, 0) is 48.9 Å². The number of hydrogen-bond donors (Lipinski definition) is 1. The molecular weight excluding hydrogens is 370 g/mol. The van der Waals surface area contributed by atoms with Crippen molar-refractivity contribution in [2.24, 2.45) is 0 Å². The summed E-state index contributed by atoms with van der Waals surface area (Å²) in [5, 5.41) is 4.40. The number of carbonyl (C=O) groups excluding carboxylic acids is 1. The predicted octanol–water partition coefficient (Wildman–Crippen LogP) is 4.65. The van der Waals surface area contributed by atoms with Gasteiger partial charge in [-0.25, -0.2) is 0 Å². The summed E-state index contributed by atoms with van der Waals surface area (Å²) < 4.78 is 29.3. The molecule has 1 atom stereocenters. The molecule has 0 bridgehead atoms. The molecule has 1 aromatic carbocycles. The molecule has 1 unspecified atom stereocenters. The molecule has 0 saturated carbocycles. The molecule has 4 nitrogen and oxygen atoms in total. The van der Waals surface area contributed by atoms with Crippen LogP contribution in [0.25, 0.3) is 0 Å². The van der Waals surface area contributed by atoms with Crippen molar-refractivity contribution >= 4 is 17.2 Å². The van der Waals surface area contributed by atoms with Gasteiger partial charge in [0.15, 0.2) is 0 Å². The molecule has 1 aliphatic rings. The molecule has 3 rings (SSSR count). The van der Waals surface area contributed by atoms with Crippen LogP contribution in [0.3, 0.4) is 0 Å². The van der Waals surface area contributed by atoms with Crippen molar-refractivity contribution in [3.8, 4) is 5.75 Å². The first kappa shape index (κ1) is 19.8. The van der Waals surface area contributed by atoms with E-state index in [2.05, 4.69) is 27.9 Å². The van der Waals surface area contributed by atoms with Gasteiger partial charge in [0.05, 0.1) is 0 Å². The zero-order valence-electron chi connectivity index (χ0n) is 15.3. The molecule has 146 valence electrons. The summed E-state index contributed by atoms with van der Waals surface area (Å²) in [6.07, 6.45) is 3.71. The Morgan fingerprint density at radius 3 is 2.81 bits per heavy atom. The number of carbonyl (C=O) groups is 1. The highest BCUT2D eigenvalue weighted by molar-refractivity contribution is 7.12. The van der Waals surface area contributed by atoms with E-state index in [9.17, 15) is 13.6 Å². The third-order valence-electron chi connectivity index (χ3n) is 4.92. The third-order valence-corrected chi connectivity index (χ3v) is 5.82. The van der Waals surface area contributed by atoms with E-state index < -0.39 is 12.5 Å². The van der Waals surface area contributed by atoms with Crippen LogP contribution in [0.15, 0.2) is 35.7 Å². The molecular formula is C20H24F2N2O2S. The van der Waals surface area contributed by atoms with Gasteiger partial charge in [0.1, 0.15) is 10.6 Å². The summed E-state index contributed by atoms with van der Waals surface area (Å²) in [7, 11) is 0. The standard InChI is InChI=1S/C20H24F2N2O2S/c1-14-6-4-5-10-24(14)13-16-8-3-2-7-15(16)12-23-19(25)18-17(9-11-27-18)26-20(21)22/h2-3,7-9,11,14,20H,4-6,10,12-13H2,1H3,(H,23,25). The normalized spacial score (nSPS) is 17.9. The van der Waals surface area contributed by atoms with Gasteiger partial charge in [-0.3, -0.25) is 9.69 Å². The lowest BCUT2D eigenvalue weighted by molar-refractivity contribution is -0.0498. The molecule has 1 saturated heterocycles. The van der Waals surface area contributed by atoms with Crippen LogP contribution < -0.4 is 10.1 Å². The fraction of sp³-hybridized carbons (Fsp3) is 0.450. The average molecular weight is 394 g/mol. The van der Waals surface area contributed by atoms with Crippen molar-refractivity contribution in [3.63, 3.8) is 0 Å². The van der Waals surface area contributed by atoms with Gasteiger partial charge in [-0.15, -0.1) is 11.3 Å². The van der Waals surface area contributed by atoms with Crippen molar-refractivity contribution in [2.75, 3.05) is 6.54 Å². The minimum Gasteiger partial charge on any atom is -0.433 e. The van der Waals surface area contributed by atoms with Crippen LogP contribution >= 0.6 is 11.3 Å². The monoisotopic (exact) mass is 394 g/mol. The second-order valence-electron chi connectivity index (χ2n) is 6.76. The molecule has 1 N–H and O–H groups in total. The largest absolute Gasteiger partial charge is 0.433 e. The Morgan fingerprint density at radius 2 is 2.07 bits per heavy atom. The highest BCUT2D eigenvalue weighted by atomic mass is 32.1. The van der Waals surface area contributed by atoms with E-state index in [0.717, 1.165) is 30.0 Å².